The molecule has 0 aliphatic rings. The number of aryl methyl sites for hydroxylation is 1. The van der Waals surface area contributed by atoms with Crippen molar-refractivity contribution in [2.45, 2.75) is 11.8 Å². The molecule has 0 amide bonds. The summed E-state index contributed by atoms with van der Waals surface area (Å²) in [5.41, 5.74) is 0.510. The maximum absolute atomic E-state index is 12.2. The number of aliphatic hydroxyl groups excluding tert-OH is 1. The Kier molecular flexibility index (Phi) is 4.34. The van der Waals surface area contributed by atoms with E-state index in [2.05, 4.69) is 25.9 Å². The van der Waals surface area contributed by atoms with Gasteiger partial charge in [-0.15, -0.1) is 0 Å². The van der Waals surface area contributed by atoms with Crippen LogP contribution in [0.1, 0.15) is 11.4 Å². The predicted octanol–water partition coefficient (Wildman–Crippen LogP) is 0.991. The van der Waals surface area contributed by atoms with Crippen LogP contribution in [0.4, 0.5) is 5.13 Å². The first-order chi connectivity index (χ1) is 9.51. The SMILES string of the molecule is Cc1nsc(NS(=O)(=O)c2cccc(C#CCO)c2)n1. The summed E-state index contributed by atoms with van der Waals surface area (Å²) in [6, 6.07) is 6.14. The molecule has 2 rings (SSSR count). The van der Waals surface area contributed by atoms with Crippen molar-refractivity contribution in [3.8, 4) is 11.8 Å². The first-order valence-electron chi connectivity index (χ1n) is 5.54. The zero-order valence-electron chi connectivity index (χ0n) is 10.5. The molecule has 104 valence electrons. The number of aromatic nitrogens is 2. The fraction of sp³-hybridized carbons (Fsp3) is 0.167. The number of rotatable bonds is 3. The van der Waals surface area contributed by atoms with Crippen molar-refractivity contribution in [3.63, 3.8) is 0 Å². The van der Waals surface area contributed by atoms with Gasteiger partial charge in [0.25, 0.3) is 10.0 Å². The lowest BCUT2D eigenvalue weighted by Gasteiger charge is -2.04. The fourth-order valence-electron chi connectivity index (χ4n) is 1.39. The van der Waals surface area contributed by atoms with Gasteiger partial charge in [-0.1, -0.05) is 17.9 Å². The minimum absolute atomic E-state index is 0.0788. The van der Waals surface area contributed by atoms with Gasteiger partial charge in [0.15, 0.2) is 0 Å². The molecule has 0 unspecified atom stereocenters. The van der Waals surface area contributed by atoms with Gasteiger partial charge in [0.1, 0.15) is 12.4 Å². The summed E-state index contributed by atoms with van der Waals surface area (Å²) in [6.07, 6.45) is 0. The van der Waals surface area contributed by atoms with Crippen LogP contribution in [-0.4, -0.2) is 29.5 Å². The molecule has 0 atom stereocenters. The van der Waals surface area contributed by atoms with Crippen LogP contribution in [0, 0.1) is 18.8 Å². The van der Waals surface area contributed by atoms with E-state index in [-0.39, 0.29) is 16.6 Å². The van der Waals surface area contributed by atoms with Crippen LogP contribution < -0.4 is 4.72 Å². The van der Waals surface area contributed by atoms with E-state index < -0.39 is 10.0 Å². The summed E-state index contributed by atoms with van der Waals surface area (Å²) in [4.78, 5) is 4.03. The van der Waals surface area contributed by atoms with Crippen LogP contribution in [0.3, 0.4) is 0 Å². The lowest BCUT2D eigenvalue weighted by Crippen LogP contribution is -2.12. The van der Waals surface area contributed by atoms with Crippen LogP contribution in [0.25, 0.3) is 0 Å². The average molecular weight is 309 g/mol. The summed E-state index contributed by atoms with van der Waals surface area (Å²) in [6.45, 7) is 1.40. The molecule has 6 nitrogen and oxygen atoms in total. The Morgan fingerprint density at radius 1 is 1.45 bits per heavy atom. The zero-order valence-corrected chi connectivity index (χ0v) is 12.1. The van der Waals surface area contributed by atoms with E-state index in [4.69, 9.17) is 5.11 Å². The van der Waals surface area contributed by atoms with E-state index in [1.54, 1.807) is 19.1 Å². The van der Waals surface area contributed by atoms with E-state index in [0.717, 1.165) is 11.5 Å². The molecular formula is C12H11N3O3S2. The highest BCUT2D eigenvalue weighted by Crippen LogP contribution is 2.18. The first kappa shape index (κ1) is 14.5. The molecule has 0 fully saturated rings. The Hall–Kier alpha value is -1.95. The number of aliphatic hydroxyl groups is 1. The maximum Gasteiger partial charge on any atom is 0.263 e. The Balaban J connectivity index is 2.29. The van der Waals surface area contributed by atoms with Crippen molar-refractivity contribution in [2.24, 2.45) is 0 Å². The van der Waals surface area contributed by atoms with Gasteiger partial charge in [0, 0.05) is 17.1 Å². The number of hydrogen-bond donors (Lipinski definition) is 2. The van der Waals surface area contributed by atoms with E-state index in [0.29, 0.717) is 11.4 Å². The summed E-state index contributed by atoms with van der Waals surface area (Å²) < 4.78 is 30.6. The third-order valence-electron chi connectivity index (χ3n) is 2.21. The molecule has 0 aliphatic heterocycles. The van der Waals surface area contributed by atoms with Crippen molar-refractivity contribution < 1.29 is 13.5 Å². The highest BCUT2D eigenvalue weighted by atomic mass is 32.2. The molecule has 0 radical (unpaired) electrons. The molecular weight excluding hydrogens is 298 g/mol. The second-order valence-electron chi connectivity index (χ2n) is 3.74. The van der Waals surface area contributed by atoms with Gasteiger partial charge in [-0.25, -0.2) is 13.4 Å². The second kappa shape index (κ2) is 6.00. The fourth-order valence-corrected chi connectivity index (χ4v) is 3.24. The van der Waals surface area contributed by atoms with E-state index in [9.17, 15) is 8.42 Å². The molecule has 0 bridgehead atoms. The van der Waals surface area contributed by atoms with Gasteiger partial charge >= 0.3 is 0 Å². The van der Waals surface area contributed by atoms with Crippen molar-refractivity contribution in [2.75, 3.05) is 11.3 Å². The molecule has 0 aliphatic carbocycles. The molecule has 8 heteroatoms. The molecule has 0 saturated heterocycles. The summed E-state index contributed by atoms with van der Waals surface area (Å²) in [5.74, 6) is 5.63. The molecule has 1 aromatic carbocycles. The average Bonchev–Trinajstić information content (AvgIpc) is 2.81. The third-order valence-corrected chi connectivity index (χ3v) is 4.39. The van der Waals surface area contributed by atoms with Crippen LogP contribution in [0.2, 0.25) is 0 Å². The van der Waals surface area contributed by atoms with Gasteiger partial charge in [0.05, 0.1) is 4.90 Å². The molecule has 1 aromatic heterocycles. The number of anilines is 1. The molecule has 20 heavy (non-hydrogen) atoms. The van der Waals surface area contributed by atoms with Crippen molar-refractivity contribution in [3.05, 3.63) is 35.7 Å². The largest absolute Gasteiger partial charge is 0.384 e. The number of hydrogen-bond acceptors (Lipinski definition) is 6. The highest BCUT2D eigenvalue weighted by Gasteiger charge is 2.16. The van der Waals surface area contributed by atoms with Crippen molar-refractivity contribution in [1.29, 1.82) is 0 Å². The van der Waals surface area contributed by atoms with E-state index in [1.807, 2.05) is 0 Å². The minimum atomic E-state index is -3.72. The summed E-state index contributed by atoms with van der Waals surface area (Å²) in [5, 5.41) is 8.85. The Bertz CT molecular complexity index is 772. The quantitative estimate of drug-likeness (QED) is 0.825. The van der Waals surface area contributed by atoms with Crippen LogP contribution >= 0.6 is 11.5 Å². The highest BCUT2D eigenvalue weighted by molar-refractivity contribution is 7.93. The Morgan fingerprint density at radius 2 is 2.25 bits per heavy atom. The molecule has 1 heterocycles. The van der Waals surface area contributed by atoms with Gasteiger partial charge in [-0.05, 0) is 25.1 Å². The third kappa shape index (κ3) is 3.54. The lowest BCUT2D eigenvalue weighted by molar-refractivity contribution is 0.350. The van der Waals surface area contributed by atoms with Crippen LogP contribution in [0.15, 0.2) is 29.2 Å². The molecule has 2 aromatic rings. The van der Waals surface area contributed by atoms with E-state index in [1.165, 1.54) is 12.1 Å². The predicted molar refractivity (Wildman–Crippen MR) is 75.9 cm³/mol. The van der Waals surface area contributed by atoms with E-state index >= 15 is 0 Å². The van der Waals surface area contributed by atoms with Crippen molar-refractivity contribution in [1.82, 2.24) is 9.36 Å². The summed E-state index contributed by atoms with van der Waals surface area (Å²) >= 11 is 0.977. The Morgan fingerprint density at radius 3 is 2.90 bits per heavy atom. The lowest BCUT2D eigenvalue weighted by atomic mass is 10.2. The molecule has 0 spiro atoms. The normalized spacial score (nSPS) is 10.7. The topological polar surface area (TPSA) is 92.2 Å². The van der Waals surface area contributed by atoms with Crippen LogP contribution in [0.5, 0.6) is 0 Å². The van der Waals surface area contributed by atoms with Gasteiger partial charge in [-0.3, -0.25) is 4.72 Å². The smallest absolute Gasteiger partial charge is 0.263 e. The number of nitrogens with zero attached hydrogens (tertiary/aromatic N) is 2. The number of benzene rings is 1. The minimum Gasteiger partial charge on any atom is -0.384 e. The van der Waals surface area contributed by atoms with Gasteiger partial charge in [0.2, 0.25) is 5.13 Å². The number of sulfonamides is 1. The van der Waals surface area contributed by atoms with Crippen molar-refractivity contribution >= 4 is 26.7 Å². The number of nitrogens with one attached hydrogen (secondary N) is 1. The molecule has 2 N–H and O–H groups in total. The standard InChI is InChI=1S/C12H11N3O3S2/c1-9-13-12(19-14-9)15-20(17,18)11-6-2-4-10(8-11)5-3-7-16/h2,4,6,8,16H,7H2,1H3,(H,13,14,15). The zero-order chi connectivity index (χ0) is 14.6. The van der Waals surface area contributed by atoms with Gasteiger partial charge < -0.3 is 5.11 Å². The second-order valence-corrected chi connectivity index (χ2v) is 6.17. The summed E-state index contributed by atoms with van der Waals surface area (Å²) in [7, 11) is -3.72. The first-order valence-corrected chi connectivity index (χ1v) is 7.80. The monoisotopic (exact) mass is 309 g/mol. The molecule has 0 saturated carbocycles. The maximum atomic E-state index is 12.2. The van der Waals surface area contributed by atoms with Crippen LogP contribution in [-0.2, 0) is 10.0 Å². The Labute approximate surface area is 120 Å². The van der Waals surface area contributed by atoms with Gasteiger partial charge in [-0.2, -0.15) is 4.37 Å².